The first kappa shape index (κ1) is 42.4. The summed E-state index contributed by atoms with van der Waals surface area (Å²) in [6, 6.07) is 4.01. The van der Waals surface area contributed by atoms with Gasteiger partial charge in [0, 0.05) is 48.7 Å². The summed E-state index contributed by atoms with van der Waals surface area (Å²) >= 11 is 0. The molecule has 3 aromatic rings. The first-order valence-corrected chi connectivity index (χ1v) is 22.7. The van der Waals surface area contributed by atoms with Crippen LogP contribution in [-0.4, -0.2) is 60.6 Å². The van der Waals surface area contributed by atoms with Gasteiger partial charge < -0.3 is 19.2 Å². The second-order valence-electron chi connectivity index (χ2n) is 18.3. The Kier molecular flexibility index (Phi) is 12.0. The fraction of sp³-hybridized carbons (Fsp3) is 0.643. The third kappa shape index (κ3) is 9.38. The predicted molar refractivity (Wildman–Crippen MR) is 207 cm³/mol. The number of anilines is 1. The fourth-order valence-electron chi connectivity index (χ4n) is 8.29. The molecule has 0 bridgehead atoms. The molecule has 1 saturated heterocycles. The lowest BCUT2D eigenvalue weighted by Crippen LogP contribution is -2.41. The molecule has 3 heterocycles. The van der Waals surface area contributed by atoms with Gasteiger partial charge in [0.15, 0.2) is 20.2 Å². The van der Waals surface area contributed by atoms with E-state index < -0.39 is 44.2 Å². The monoisotopic (exact) mass is 806 g/mol. The number of halogens is 6. The molecule has 1 saturated carbocycles. The maximum atomic E-state index is 17.3. The van der Waals surface area contributed by atoms with Gasteiger partial charge in [0.05, 0.1) is 36.4 Å². The molecule has 2 fully saturated rings. The van der Waals surface area contributed by atoms with Crippen LogP contribution >= 0.6 is 0 Å². The largest absolute Gasteiger partial charge is 0.488 e. The highest BCUT2D eigenvalue weighted by molar-refractivity contribution is 6.74. The second kappa shape index (κ2) is 15.8. The molecule has 2 unspecified atom stereocenters. The van der Waals surface area contributed by atoms with Crippen molar-refractivity contribution in [2.45, 2.75) is 140 Å². The second-order valence-corrected chi connectivity index (χ2v) is 23.1. The average molecular weight is 807 g/mol. The van der Waals surface area contributed by atoms with Gasteiger partial charge in [-0.2, -0.15) is 13.2 Å². The zero-order chi connectivity index (χ0) is 40.8. The number of fused-ring (bicyclic) bond motifs is 1. The van der Waals surface area contributed by atoms with Crippen LogP contribution in [0.15, 0.2) is 36.7 Å². The van der Waals surface area contributed by atoms with Crippen molar-refractivity contribution >= 4 is 14.3 Å². The number of aromatic nitrogens is 3. The average Bonchev–Trinajstić information content (AvgIpc) is 3.11. The molecular formula is C42H56F6N4O3Si. The summed E-state index contributed by atoms with van der Waals surface area (Å²) in [4.78, 5) is 16.3. The maximum Gasteiger partial charge on any atom is 0.416 e. The van der Waals surface area contributed by atoms with Gasteiger partial charge in [-0.25, -0.2) is 23.1 Å². The summed E-state index contributed by atoms with van der Waals surface area (Å²) < 4.78 is 99.0. The van der Waals surface area contributed by atoms with E-state index in [4.69, 9.17) is 14.1 Å². The number of alkyl halides is 6. The van der Waals surface area contributed by atoms with Crippen LogP contribution in [0.3, 0.4) is 0 Å². The van der Waals surface area contributed by atoms with E-state index in [0.29, 0.717) is 86.2 Å². The zero-order valence-corrected chi connectivity index (χ0v) is 34.6. The van der Waals surface area contributed by atoms with Crippen LogP contribution in [0.5, 0.6) is 5.75 Å². The van der Waals surface area contributed by atoms with E-state index in [9.17, 15) is 27.1 Å². The summed E-state index contributed by atoms with van der Waals surface area (Å²) in [6.07, 6.45) is -2.71. The third-order valence-electron chi connectivity index (χ3n) is 12.5. The molecule has 56 heavy (non-hydrogen) atoms. The standard InChI is InChI=1S/C42H56F6N4O3Si/c1-39(2,3)56(6,7)55-21-20-54-30-24-49-38(50-25-30)52-18-14-28(15-19-52)37-35(36(43)27-8-10-29(11-9-27)42(46,47)48)33(26-12-16-41(44,45)17-13-26)34-31(51-37)22-40(4,5)23-32(34)53/h8-11,24-26,28,32,36,53H,12-23H2,1-7H3. The minimum atomic E-state index is -4.59. The molecular weight excluding hydrogens is 751 g/mol. The van der Waals surface area contributed by atoms with E-state index in [-0.39, 0.29) is 53.2 Å². The van der Waals surface area contributed by atoms with Gasteiger partial charge >= 0.3 is 6.18 Å². The number of ether oxygens (including phenoxy) is 1. The van der Waals surface area contributed by atoms with Gasteiger partial charge in [0.2, 0.25) is 11.9 Å². The van der Waals surface area contributed by atoms with E-state index in [1.165, 1.54) is 0 Å². The Balaban J connectivity index is 1.28. The number of aliphatic hydroxyl groups excluding tert-OH is 1. The lowest BCUT2D eigenvalue weighted by atomic mass is 9.68. The smallest absolute Gasteiger partial charge is 0.416 e. The molecule has 2 aliphatic carbocycles. The van der Waals surface area contributed by atoms with Crippen molar-refractivity contribution in [3.8, 4) is 5.75 Å². The van der Waals surface area contributed by atoms with Crippen LogP contribution in [-0.2, 0) is 17.0 Å². The Hall–Kier alpha value is -3.23. The van der Waals surface area contributed by atoms with Crippen molar-refractivity contribution in [1.82, 2.24) is 15.0 Å². The normalized spacial score (nSPS) is 21.5. The topological polar surface area (TPSA) is 80.6 Å². The Labute approximate surface area is 327 Å². The Morgan fingerprint density at radius 3 is 2.09 bits per heavy atom. The molecule has 3 aliphatic rings. The van der Waals surface area contributed by atoms with E-state index in [1.54, 1.807) is 12.4 Å². The Morgan fingerprint density at radius 1 is 0.911 bits per heavy atom. The van der Waals surface area contributed by atoms with Gasteiger partial charge in [-0.15, -0.1) is 0 Å². The van der Waals surface area contributed by atoms with E-state index in [1.807, 2.05) is 18.7 Å². The van der Waals surface area contributed by atoms with Crippen LogP contribution in [0.1, 0.15) is 143 Å². The first-order chi connectivity index (χ1) is 26.1. The molecule has 0 spiro atoms. The van der Waals surface area contributed by atoms with Crippen LogP contribution in [0.4, 0.5) is 32.3 Å². The molecule has 2 aromatic heterocycles. The molecule has 1 aliphatic heterocycles. The number of benzene rings is 1. The van der Waals surface area contributed by atoms with Crippen LogP contribution in [0.2, 0.25) is 18.1 Å². The molecule has 1 N–H and O–H groups in total. The quantitative estimate of drug-likeness (QED) is 0.124. The maximum absolute atomic E-state index is 17.3. The van der Waals surface area contributed by atoms with Crippen LogP contribution in [0.25, 0.3) is 0 Å². The van der Waals surface area contributed by atoms with Crippen molar-refractivity contribution in [3.63, 3.8) is 0 Å². The molecule has 7 nitrogen and oxygen atoms in total. The van der Waals surface area contributed by atoms with Gasteiger partial charge in [-0.3, -0.25) is 4.98 Å². The zero-order valence-electron chi connectivity index (χ0n) is 33.6. The van der Waals surface area contributed by atoms with E-state index >= 15 is 4.39 Å². The number of hydrogen-bond acceptors (Lipinski definition) is 7. The SMILES string of the molecule is CC1(C)Cc2nc(C3CCN(c4ncc(OCCO[Si](C)(C)C(C)(C)C)cn4)CC3)c(C(F)c3ccc(C(F)(F)F)cc3)c(C3CCC(F)(F)CC3)c2C(O)C1. The number of pyridine rings is 1. The Morgan fingerprint density at radius 2 is 1.52 bits per heavy atom. The van der Waals surface area contributed by atoms with Gasteiger partial charge in [0.25, 0.3) is 0 Å². The molecule has 1 aromatic carbocycles. The molecule has 14 heteroatoms. The summed E-state index contributed by atoms with van der Waals surface area (Å²) in [7, 11) is -1.89. The molecule has 0 radical (unpaired) electrons. The van der Waals surface area contributed by atoms with E-state index in [0.717, 1.165) is 24.3 Å². The van der Waals surface area contributed by atoms with Crippen molar-refractivity contribution in [1.29, 1.82) is 0 Å². The summed E-state index contributed by atoms with van der Waals surface area (Å²) in [5, 5.41) is 11.7. The minimum Gasteiger partial charge on any atom is -0.488 e. The van der Waals surface area contributed by atoms with E-state index in [2.05, 4.69) is 43.8 Å². The van der Waals surface area contributed by atoms with Crippen molar-refractivity contribution in [2.75, 3.05) is 31.2 Å². The number of hydrogen-bond donors (Lipinski definition) is 1. The lowest BCUT2D eigenvalue weighted by molar-refractivity contribution is -0.137. The summed E-state index contributed by atoms with van der Waals surface area (Å²) in [5.41, 5.74) is 1.20. The third-order valence-corrected chi connectivity index (χ3v) is 17.0. The van der Waals surface area contributed by atoms with Crippen molar-refractivity contribution in [3.05, 3.63) is 75.9 Å². The number of nitrogens with zero attached hydrogens (tertiary/aromatic N) is 4. The first-order valence-electron chi connectivity index (χ1n) is 19.8. The lowest BCUT2D eigenvalue weighted by Gasteiger charge is -2.41. The Bertz CT molecular complexity index is 1810. The molecule has 2 atom stereocenters. The highest BCUT2D eigenvalue weighted by Crippen LogP contribution is 2.52. The molecule has 0 amide bonds. The van der Waals surface area contributed by atoms with Crippen LogP contribution < -0.4 is 9.64 Å². The van der Waals surface area contributed by atoms with Crippen LogP contribution in [0, 0.1) is 5.41 Å². The van der Waals surface area contributed by atoms with Gasteiger partial charge in [-0.1, -0.05) is 46.8 Å². The minimum absolute atomic E-state index is 0.0220. The number of aliphatic hydroxyl groups is 1. The van der Waals surface area contributed by atoms with Gasteiger partial charge in [-0.05, 0) is 91.2 Å². The summed E-state index contributed by atoms with van der Waals surface area (Å²) in [5.74, 6) is -2.49. The number of piperidine rings is 1. The summed E-state index contributed by atoms with van der Waals surface area (Å²) in [6.45, 7) is 16.9. The molecule has 308 valence electrons. The van der Waals surface area contributed by atoms with Crippen molar-refractivity contribution < 1.29 is 40.6 Å². The number of rotatable bonds is 10. The fourth-order valence-corrected chi connectivity index (χ4v) is 9.32. The predicted octanol–water partition coefficient (Wildman–Crippen LogP) is 11.0. The van der Waals surface area contributed by atoms with Gasteiger partial charge in [0.1, 0.15) is 6.61 Å². The van der Waals surface area contributed by atoms with Crippen molar-refractivity contribution in [2.24, 2.45) is 5.41 Å². The highest BCUT2D eigenvalue weighted by Gasteiger charge is 2.44. The highest BCUT2D eigenvalue weighted by atomic mass is 28.4. The molecule has 6 rings (SSSR count).